The van der Waals surface area contributed by atoms with Crippen molar-refractivity contribution in [1.82, 2.24) is 5.43 Å². The van der Waals surface area contributed by atoms with Crippen molar-refractivity contribution < 1.29 is 0 Å². The Kier molecular flexibility index (Phi) is 11.1. The number of unbranched alkanes of at least 4 members (excludes halogenated alkanes) is 8. The Morgan fingerprint density at radius 2 is 1.50 bits per heavy atom. The van der Waals surface area contributed by atoms with Crippen molar-refractivity contribution in [3.63, 3.8) is 0 Å². The highest BCUT2D eigenvalue weighted by Crippen LogP contribution is 2.13. The van der Waals surface area contributed by atoms with Crippen molar-refractivity contribution in [2.45, 2.75) is 78.1 Å². The average Bonchev–Trinajstić information content (AvgIpc) is 2.57. The molecule has 0 saturated carbocycles. The summed E-state index contributed by atoms with van der Waals surface area (Å²) in [6.45, 7) is 4.35. The summed E-state index contributed by atoms with van der Waals surface area (Å²) in [4.78, 5) is 0. The summed E-state index contributed by atoms with van der Waals surface area (Å²) >= 11 is 4.86. The first-order valence-electron chi connectivity index (χ1n) is 9.32. The Bertz CT molecular complexity index is 494. The predicted octanol–water partition coefficient (Wildman–Crippen LogP) is 5.45. The van der Waals surface area contributed by atoms with Crippen LogP contribution in [0.25, 0.3) is 0 Å². The third kappa shape index (κ3) is 9.66. The zero-order valence-electron chi connectivity index (χ0n) is 15.3. The van der Waals surface area contributed by atoms with Gasteiger partial charge in [0, 0.05) is 0 Å². The van der Waals surface area contributed by atoms with E-state index in [1.807, 2.05) is 0 Å². The molecule has 0 aromatic heterocycles. The maximum absolute atomic E-state index is 5.50. The number of nitrogens with one attached hydrogen (secondary N) is 1. The first-order chi connectivity index (χ1) is 11.6. The zero-order valence-corrected chi connectivity index (χ0v) is 16.1. The highest BCUT2D eigenvalue weighted by Gasteiger charge is 2.04. The first kappa shape index (κ1) is 20.6. The van der Waals surface area contributed by atoms with E-state index >= 15 is 0 Å². The Morgan fingerprint density at radius 3 is 2.04 bits per heavy atom. The fourth-order valence-corrected chi connectivity index (χ4v) is 2.78. The number of hydrogen-bond donors (Lipinski definition) is 2. The zero-order chi connectivity index (χ0) is 17.6. The van der Waals surface area contributed by atoms with Crippen molar-refractivity contribution in [1.29, 1.82) is 0 Å². The van der Waals surface area contributed by atoms with Gasteiger partial charge in [-0.15, -0.1) is 0 Å². The van der Waals surface area contributed by atoms with Crippen molar-refractivity contribution in [2.75, 3.05) is 0 Å². The van der Waals surface area contributed by atoms with Crippen molar-refractivity contribution >= 4 is 23.0 Å². The second kappa shape index (κ2) is 12.9. The number of rotatable bonds is 12. The molecule has 134 valence electrons. The van der Waals surface area contributed by atoms with Gasteiger partial charge in [-0.3, -0.25) is 5.43 Å². The Balaban J connectivity index is 2.34. The molecule has 0 aliphatic heterocycles. The standard InChI is InChI=1S/C20H33N3S/c1-3-4-5-6-7-8-9-10-11-12-19(22-23-20(21)24)18-15-13-17(2)14-16-18/h13-16H,3-12H2,1-2H3,(H3,21,23,24)/b22-19-. The van der Waals surface area contributed by atoms with E-state index in [9.17, 15) is 0 Å². The van der Waals surface area contributed by atoms with Gasteiger partial charge in [0.1, 0.15) is 0 Å². The van der Waals surface area contributed by atoms with Crippen LogP contribution in [0.1, 0.15) is 82.3 Å². The molecule has 0 aliphatic rings. The van der Waals surface area contributed by atoms with Gasteiger partial charge < -0.3 is 5.73 Å². The normalized spacial score (nSPS) is 11.5. The SMILES string of the molecule is CCCCCCCCCCC/C(=N/NC(N)=S)c1ccc(C)cc1. The minimum atomic E-state index is 0.215. The third-order valence-electron chi connectivity index (χ3n) is 4.20. The Labute approximate surface area is 153 Å². The van der Waals surface area contributed by atoms with Gasteiger partial charge in [0.15, 0.2) is 5.11 Å². The van der Waals surface area contributed by atoms with Crippen LogP contribution in [0.15, 0.2) is 29.4 Å². The molecule has 0 atom stereocenters. The number of hydrazone groups is 1. The van der Waals surface area contributed by atoms with Crippen LogP contribution in [-0.4, -0.2) is 10.8 Å². The summed E-state index contributed by atoms with van der Waals surface area (Å²) in [5.41, 5.74) is 11.7. The highest BCUT2D eigenvalue weighted by molar-refractivity contribution is 7.80. The lowest BCUT2D eigenvalue weighted by molar-refractivity contribution is 0.568. The van der Waals surface area contributed by atoms with Crippen LogP contribution >= 0.6 is 12.2 Å². The Morgan fingerprint density at radius 1 is 0.958 bits per heavy atom. The van der Waals surface area contributed by atoms with Gasteiger partial charge in [0.25, 0.3) is 0 Å². The lowest BCUT2D eigenvalue weighted by Crippen LogP contribution is -2.25. The lowest BCUT2D eigenvalue weighted by Gasteiger charge is -2.08. The molecule has 0 aliphatic carbocycles. The number of aryl methyl sites for hydroxylation is 1. The third-order valence-corrected chi connectivity index (χ3v) is 4.29. The van der Waals surface area contributed by atoms with Crippen LogP contribution in [0.3, 0.4) is 0 Å². The maximum Gasteiger partial charge on any atom is 0.184 e. The minimum absolute atomic E-state index is 0.215. The second-order valence-corrected chi connectivity index (χ2v) is 6.92. The van der Waals surface area contributed by atoms with Crippen LogP contribution in [0, 0.1) is 6.92 Å². The van der Waals surface area contributed by atoms with Crippen LogP contribution in [0.2, 0.25) is 0 Å². The fourth-order valence-electron chi connectivity index (χ4n) is 2.74. The van der Waals surface area contributed by atoms with Crippen molar-refractivity contribution in [3.05, 3.63) is 35.4 Å². The molecular formula is C20H33N3S. The number of benzene rings is 1. The maximum atomic E-state index is 5.50. The van der Waals surface area contributed by atoms with Gasteiger partial charge >= 0.3 is 0 Å². The quantitative estimate of drug-likeness (QED) is 0.229. The fraction of sp³-hybridized carbons (Fsp3) is 0.600. The first-order valence-corrected chi connectivity index (χ1v) is 9.73. The topological polar surface area (TPSA) is 50.4 Å². The van der Waals surface area contributed by atoms with Gasteiger partial charge in [0.2, 0.25) is 0 Å². The number of nitrogens with two attached hydrogens (primary N) is 1. The average molecular weight is 348 g/mol. The summed E-state index contributed by atoms with van der Waals surface area (Å²) in [5, 5.41) is 4.61. The van der Waals surface area contributed by atoms with E-state index in [-0.39, 0.29) is 5.11 Å². The van der Waals surface area contributed by atoms with Crippen molar-refractivity contribution in [2.24, 2.45) is 10.8 Å². The van der Waals surface area contributed by atoms with E-state index in [0.29, 0.717) is 0 Å². The molecule has 0 saturated heterocycles. The van der Waals surface area contributed by atoms with Gasteiger partial charge in [0.05, 0.1) is 5.71 Å². The summed E-state index contributed by atoms with van der Waals surface area (Å²) in [6, 6.07) is 8.45. The molecule has 3 N–H and O–H groups in total. The summed E-state index contributed by atoms with van der Waals surface area (Å²) in [5.74, 6) is 0. The smallest absolute Gasteiger partial charge is 0.184 e. The van der Waals surface area contributed by atoms with Crippen molar-refractivity contribution in [3.8, 4) is 0 Å². The largest absolute Gasteiger partial charge is 0.375 e. The van der Waals surface area contributed by atoms with E-state index in [4.69, 9.17) is 18.0 Å². The molecule has 24 heavy (non-hydrogen) atoms. The Hall–Kier alpha value is -1.42. The van der Waals surface area contributed by atoms with Gasteiger partial charge in [-0.2, -0.15) is 5.10 Å². The number of hydrogen-bond acceptors (Lipinski definition) is 2. The summed E-state index contributed by atoms with van der Waals surface area (Å²) < 4.78 is 0. The minimum Gasteiger partial charge on any atom is -0.375 e. The molecule has 1 rings (SSSR count). The van der Waals surface area contributed by atoms with E-state index < -0.39 is 0 Å². The van der Waals surface area contributed by atoms with Crippen LogP contribution in [0.5, 0.6) is 0 Å². The molecular weight excluding hydrogens is 314 g/mol. The molecule has 0 fully saturated rings. The molecule has 0 radical (unpaired) electrons. The van der Waals surface area contributed by atoms with Gasteiger partial charge in [-0.05, 0) is 37.5 Å². The van der Waals surface area contributed by atoms with E-state index in [2.05, 4.69) is 48.6 Å². The molecule has 0 heterocycles. The number of thiocarbonyl (C=S) groups is 1. The molecule has 0 amide bonds. The van der Waals surface area contributed by atoms with Crippen LogP contribution in [-0.2, 0) is 0 Å². The van der Waals surface area contributed by atoms with Crippen LogP contribution in [0.4, 0.5) is 0 Å². The molecule has 1 aromatic carbocycles. The molecule has 0 spiro atoms. The van der Waals surface area contributed by atoms with Gasteiger partial charge in [-0.25, -0.2) is 0 Å². The number of nitrogens with zero attached hydrogens (tertiary/aromatic N) is 1. The second-order valence-electron chi connectivity index (χ2n) is 6.48. The van der Waals surface area contributed by atoms with E-state index in [1.165, 1.54) is 56.9 Å². The summed E-state index contributed by atoms with van der Waals surface area (Å²) in [7, 11) is 0. The van der Waals surface area contributed by atoms with E-state index in [1.54, 1.807) is 0 Å². The molecule has 3 nitrogen and oxygen atoms in total. The molecule has 4 heteroatoms. The van der Waals surface area contributed by atoms with E-state index in [0.717, 1.165) is 24.1 Å². The lowest BCUT2D eigenvalue weighted by atomic mass is 10.0. The summed E-state index contributed by atoms with van der Waals surface area (Å²) in [6.07, 6.45) is 12.9. The predicted molar refractivity (Wildman–Crippen MR) is 109 cm³/mol. The highest BCUT2D eigenvalue weighted by atomic mass is 32.1. The monoisotopic (exact) mass is 347 g/mol. The molecule has 0 bridgehead atoms. The van der Waals surface area contributed by atoms with Crippen LogP contribution < -0.4 is 11.2 Å². The molecule has 1 aromatic rings. The molecule has 0 unspecified atom stereocenters. The van der Waals surface area contributed by atoms with Gasteiger partial charge in [-0.1, -0.05) is 88.1 Å².